The van der Waals surface area contributed by atoms with Crippen molar-refractivity contribution < 1.29 is 0 Å². The van der Waals surface area contributed by atoms with Gasteiger partial charge in [0.15, 0.2) is 0 Å². The van der Waals surface area contributed by atoms with Crippen LogP contribution in [0.3, 0.4) is 0 Å². The van der Waals surface area contributed by atoms with E-state index in [-0.39, 0.29) is 0 Å². The Kier molecular flexibility index (Phi) is 3.20. The third-order valence-corrected chi connectivity index (χ3v) is 3.42. The summed E-state index contributed by atoms with van der Waals surface area (Å²) in [5, 5.41) is 0. The number of benzene rings is 2. The van der Waals surface area contributed by atoms with Gasteiger partial charge in [0.2, 0.25) is 0 Å². The lowest BCUT2D eigenvalue weighted by atomic mass is 10.1. The maximum absolute atomic E-state index is 4.20. The van der Waals surface area contributed by atoms with Gasteiger partial charge in [-0.15, -0.1) is 0 Å². The summed E-state index contributed by atoms with van der Waals surface area (Å²) in [7, 11) is 0. The highest BCUT2D eigenvalue weighted by Crippen LogP contribution is 2.36. The van der Waals surface area contributed by atoms with Gasteiger partial charge >= 0.3 is 0 Å². The van der Waals surface area contributed by atoms with Gasteiger partial charge in [-0.1, -0.05) is 49.1 Å². The van der Waals surface area contributed by atoms with Gasteiger partial charge in [-0.2, -0.15) is 0 Å². The molecule has 0 bridgehead atoms. The van der Waals surface area contributed by atoms with Crippen LogP contribution in [-0.4, -0.2) is 0 Å². The number of allylic oxidation sites excluding steroid dienone is 2. The molecule has 3 rings (SSSR count). The van der Waals surface area contributed by atoms with E-state index in [4.69, 9.17) is 0 Å². The monoisotopic (exact) mass is 247 g/mol. The van der Waals surface area contributed by atoms with Gasteiger partial charge in [-0.3, -0.25) is 0 Å². The molecule has 0 aromatic heterocycles. The molecular weight excluding hydrogens is 230 g/mol. The van der Waals surface area contributed by atoms with Crippen molar-refractivity contribution in [3.8, 4) is 0 Å². The molecule has 1 aliphatic carbocycles. The molecule has 94 valence electrons. The van der Waals surface area contributed by atoms with Gasteiger partial charge in [0.25, 0.3) is 0 Å². The van der Waals surface area contributed by atoms with E-state index >= 15 is 0 Å². The summed E-state index contributed by atoms with van der Waals surface area (Å²) in [5.74, 6) is 0. The molecule has 0 unspecified atom stereocenters. The van der Waals surface area contributed by atoms with Crippen LogP contribution in [0.4, 0.5) is 11.4 Å². The predicted molar refractivity (Wildman–Crippen MR) is 81.5 cm³/mol. The minimum atomic E-state index is 1.06. The van der Waals surface area contributed by atoms with Crippen molar-refractivity contribution in [2.75, 3.05) is 4.90 Å². The van der Waals surface area contributed by atoms with E-state index in [1.165, 1.54) is 22.6 Å². The summed E-state index contributed by atoms with van der Waals surface area (Å²) in [6, 6.07) is 20.9. The Bertz CT molecular complexity index is 557. The molecule has 2 aromatic rings. The fourth-order valence-corrected chi connectivity index (χ4v) is 2.49. The fraction of sp³-hybridized carbons (Fsp3) is 0.111. The molecular formula is C18H17N. The summed E-state index contributed by atoms with van der Waals surface area (Å²) in [5.41, 5.74) is 4.82. The quantitative estimate of drug-likeness (QED) is 0.733. The van der Waals surface area contributed by atoms with Gasteiger partial charge in [0.05, 0.1) is 0 Å². The molecule has 0 amide bonds. The highest BCUT2D eigenvalue weighted by atomic mass is 15.2. The molecule has 0 saturated carbocycles. The van der Waals surface area contributed by atoms with Gasteiger partial charge in [0, 0.05) is 17.1 Å². The zero-order chi connectivity index (χ0) is 13.1. The molecule has 0 saturated heterocycles. The molecule has 0 fully saturated rings. The molecule has 0 aliphatic heterocycles. The summed E-state index contributed by atoms with van der Waals surface area (Å²) < 4.78 is 0. The van der Waals surface area contributed by atoms with Crippen LogP contribution in [0.5, 0.6) is 0 Å². The number of hydrogen-bond donors (Lipinski definition) is 0. The van der Waals surface area contributed by atoms with Crippen molar-refractivity contribution in [2.24, 2.45) is 0 Å². The van der Waals surface area contributed by atoms with Gasteiger partial charge in [0.1, 0.15) is 0 Å². The molecule has 2 aromatic carbocycles. The van der Waals surface area contributed by atoms with E-state index < -0.39 is 0 Å². The van der Waals surface area contributed by atoms with Crippen molar-refractivity contribution in [3.05, 3.63) is 84.6 Å². The lowest BCUT2D eigenvalue weighted by molar-refractivity contribution is 1.06. The fourth-order valence-electron chi connectivity index (χ4n) is 2.49. The summed E-state index contributed by atoms with van der Waals surface area (Å²) in [6.07, 6.45) is 4.43. The molecule has 1 heteroatoms. The third-order valence-electron chi connectivity index (χ3n) is 3.42. The molecule has 1 aliphatic rings. The lowest BCUT2D eigenvalue weighted by Gasteiger charge is -2.27. The molecule has 0 N–H and O–H groups in total. The van der Waals surface area contributed by atoms with E-state index in [2.05, 4.69) is 66.1 Å². The number of rotatable bonds is 3. The van der Waals surface area contributed by atoms with Crippen molar-refractivity contribution in [1.29, 1.82) is 0 Å². The Hall–Kier alpha value is -2.28. The van der Waals surface area contributed by atoms with Crippen LogP contribution in [0.25, 0.3) is 0 Å². The Balaban J connectivity index is 2.09. The topological polar surface area (TPSA) is 3.24 Å². The Morgan fingerprint density at radius 1 is 0.789 bits per heavy atom. The molecule has 0 atom stereocenters. The maximum atomic E-state index is 4.20. The highest BCUT2D eigenvalue weighted by molar-refractivity contribution is 5.71. The molecule has 19 heavy (non-hydrogen) atoms. The van der Waals surface area contributed by atoms with Gasteiger partial charge < -0.3 is 4.90 Å². The van der Waals surface area contributed by atoms with Crippen LogP contribution in [0.2, 0.25) is 0 Å². The Morgan fingerprint density at radius 3 is 1.74 bits per heavy atom. The van der Waals surface area contributed by atoms with Crippen LogP contribution < -0.4 is 4.90 Å². The smallest absolute Gasteiger partial charge is 0.0461 e. The number of anilines is 2. The number of nitrogens with zero attached hydrogens (tertiary/aromatic N) is 1. The standard InChI is InChI=1S/C18H17N/c1-15-9-8-14-18(15)19(16-10-4-2-5-11-16)17-12-6-3-7-13-17/h2-7,10-14H,1,8-9H2. The zero-order valence-corrected chi connectivity index (χ0v) is 10.9. The first-order valence-corrected chi connectivity index (χ1v) is 6.65. The lowest BCUT2D eigenvalue weighted by Crippen LogP contribution is -2.15. The number of hydrogen-bond acceptors (Lipinski definition) is 1. The van der Waals surface area contributed by atoms with Crippen molar-refractivity contribution >= 4 is 11.4 Å². The van der Waals surface area contributed by atoms with Crippen molar-refractivity contribution in [1.82, 2.24) is 0 Å². The minimum Gasteiger partial charge on any atom is -0.311 e. The summed E-state index contributed by atoms with van der Waals surface area (Å²) >= 11 is 0. The van der Waals surface area contributed by atoms with E-state index in [1.54, 1.807) is 0 Å². The SMILES string of the molecule is C=C1CCC=C1N(c1ccccc1)c1ccccc1. The van der Waals surface area contributed by atoms with E-state index in [0.717, 1.165) is 12.8 Å². The van der Waals surface area contributed by atoms with E-state index in [9.17, 15) is 0 Å². The molecule has 1 nitrogen and oxygen atoms in total. The Morgan fingerprint density at radius 2 is 1.32 bits per heavy atom. The van der Waals surface area contributed by atoms with Crippen molar-refractivity contribution in [2.45, 2.75) is 12.8 Å². The summed E-state index contributed by atoms with van der Waals surface area (Å²) in [4.78, 5) is 2.29. The van der Waals surface area contributed by atoms with Crippen LogP contribution in [0.1, 0.15) is 12.8 Å². The average Bonchev–Trinajstić information content (AvgIpc) is 2.88. The van der Waals surface area contributed by atoms with E-state index in [0.29, 0.717) is 0 Å². The highest BCUT2D eigenvalue weighted by Gasteiger charge is 2.19. The van der Waals surface area contributed by atoms with Gasteiger partial charge in [-0.05, 0) is 42.7 Å². The van der Waals surface area contributed by atoms with Gasteiger partial charge in [-0.25, -0.2) is 0 Å². The number of para-hydroxylation sites is 2. The minimum absolute atomic E-state index is 1.06. The molecule has 0 heterocycles. The van der Waals surface area contributed by atoms with Crippen molar-refractivity contribution in [3.63, 3.8) is 0 Å². The first kappa shape index (κ1) is 11.8. The second-order valence-electron chi connectivity index (χ2n) is 4.74. The first-order chi connectivity index (χ1) is 9.36. The summed E-state index contributed by atoms with van der Waals surface area (Å²) in [6.45, 7) is 4.20. The normalized spacial score (nSPS) is 14.3. The van der Waals surface area contributed by atoms with Crippen LogP contribution >= 0.6 is 0 Å². The third kappa shape index (κ3) is 2.32. The second-order valence-corrected chi connectivity index (χ2v) is 4.74. The average molecular weight is 247 g/mol. The predicted octanol–water partition coefficient (Wildman–Crippen LogP) is 5.06. The second kappa shape index (κ2) is 5.15. The molecule has 0 radical (unpaired) electrons. The molecule has 0 spiro atoms. The Labute approximate surface area is 114 Å². The maximum Gasteiger partial charge on any atom is 0.0461 e. The largest absolute Gasteiger partial charge is 0.311 e. The van der Waals surface area contributed by atoms with Crippen LogP contribution in [-0.2, 0) is 0 Å². The van der Waals surface area contributed by atoms with E-state index in [1.807, 2.05) is 12.1 Å². The first-order valence-electron chi connectivity index (χ1n) is 6.65. The van der Waals surface area contributed by atoms with Crippen LogP contribution in [0, 0.1) is 0 Å². The zero-order valence-electron chi connectivity index (χ0n) is 10.9. The van der Waals surface area contributed by atoms with Crippen LogP contribution in [0.15, 0.2) is 84.6 Å².